The zero-order valence-corrected chi connectivity index (χ0v) is 12.2. The van der Waals surface area contributed by atoms with Gasteiger partial charge in [0.05, 0.1) is 23.9 Å². The minimum atomic E-state index is -0.0864. The van der Waals surface area contributed by atoms with E-state index in [1.807, 2.05) is 12.1 Å². The lowest BCUT2D eigenvalue weighted by Crippen LogP contribution is -2.41. The van der Waals surface area contributed by atoms with Crippen molar-refractivity contribution in [2.75, 3.05) is 24.3 Å². The molecule has 3 rings (SSSR count). The van der Waals surface area contributed by atoms with Crippen molar-refractivity contribution in [1.29, 1.82) is 0 Å². The highest BCUT2D eigenvalue weighted by atomic mass is 16.5. The van der Waals surface area contributed by atoms with Crippen molar-refractivity contribution in [3.63, 3.8) is 0 Å². The van der Waals surface area contributed by atoms with Gasteiger partial charge in [-0.25, -0.2) is 0 Å². The molecule has 1 aliphatic carbocycles. The molecule has 0 amide bonds. The highest BCUT2D eigenvalue weighted by Crippen LogP contribution is 2.32. The third-order valence-electron chi connectivity index (χ3n) is 4.34. The summed E-state index contributed by atoms with van der Waals surface area (Å²) in [6, 6.07) is 3.75. The van der Waals surface area contributed by atoms with Crippen molar-refractivity contribution in [3.05, 3.63) is 12.1 Å². The molecule has 5 heteroatoms. The van der Waals surface area contributed by atoms with Gasteiger partial charge >= 0.3 is 0 Å². The molecule has 2 fully saturated rings. The van der Waals surface area contributed by atoms with Gasteiger partial charge in [0.25, 0.3) is 0 Å². The van der Waals surface area contributed by atoms with Crippen molar-refractivity contribution < 1.29 is 9.47 Å². The Morgan fingerprint density at radius 2 is 2.30 bits per heavy atom. The van der Waals surface area contributed by atoms with Gasteiger partial charge in [-0.05, 0) is 51.2 Å². The second-order valence-electron chi connectivity index (χ2n) is 6.15. The molecular weight excluding hydrogens is 254 g/mol. The summed E-state index contributed by atoms with van der Waals surface area (Å²) >= 11 is 0. The predicted molar refractivity (Wildman–Crippen MR) is 78.9 cm³/mol. The van der Waals surface area contributed by atoms with E-state index in [2.05, 4.69) is 24.1 Å². The van der Waals surface area contributed by atoms with Crippen molar-refractivity contribution in [2.24, 2.45) is 5.92 Å². The molecule has 110 valence electrons. The van der Waals surface area contributed by atoms with Gasteiger partial charge in [-0.2, -0.15) is 4.98 Å². The van der Waals surface area contributed by atoms with Crippen molar-refractivity contribution >= 4 is 11.5 Å². The summed E-state index contributed by atoms with van der Waals surface area (Å²) in [6.07, 6.45) is 3.64. The molecule has 0 spiro atoms. The van der Waals surface area contributed by atoms with Gasteiger partial charge in [0.1, 0.15) is 5.82 Å². The van der Waals surface area contributed by atoms with Crippen LogP contribution in [0.25, 0.3) is 0 Å². The number of ether oxygens (including phenoxy) is 2. The summed E-state index contributed by atoms with van der Waals surface area (Å²) < 4.78 is 11.4. The van der Waals surface area contributed by atoms with E-state index in [0.717, 1.165) is 25.5 Å². The summed E-state index contributed by atoms with van der Waals surface area (Å²) in [5.74, 6) is 2.02. The number of aromatic nitrogens is 1. The number of hydrogen-bond donors (Lipinski definition) is 2. The van der Waals surface area contributed by atoms with E-state index in [4.69, 9.17) is 15.2 Å². The van der Waals surface area contributed by atoms with Crippen LogP contribution in [0, 0.1) is 5.92 Å². The van der Waals surface area contributed by atoms with Crippen LogP contribution in [-0.4, -0.2) is 29.8 Å². The van der Waals surface area contributed by atoms with Crippen LogP contribution in [0.2, 0.25) is 0 Å². The second kappa shape index (κ2) is 5.13. The lowest BCUT2D eigenvalue weighted by molar-refractivity contribution is 0.105. The van der Waals surface area contributed by atoms with E-state index >= 15 is 0 Å². The lowest BCUT2D eigenvalue weighted by atomic mass is 9.95. The molecule has 2 atom stereocenters. The standard InChI is InChI=1S/C15H23N3O2/c1-10-15(2,7-8-19-10)18-13-6-5-12(16)14(17-13)20-9-11-3-4-11/h5-6,10-11H,3-4,7-9,16H2,1-2H3,(H,17,18). The summed E-state index contributed by atoms with van der Waals surface area (Å²) in [7, 11) is 0. The van der Waals surface area contributed by atoms with Crippen LogP contribution in [0.4, 0.5) is 11.5 Å². The Labute approximate surface area is 119 Å². The molecular formula is C15H23N3O2. The Balaban J connectivity index is 1.70. The largest absolute Gasteiger partial charge is 0.476 e. The molecule has 5 nitrogen and oxygen atoms in total. The smallest absolute Gasteiger partial charge is 0.239 e. The molecule has 2 aliphatic rings. The van der Waals surface area contributed by atoms with Crippen molar-refractivity contribution in [2.45, 2.75) is 44.8 Å². The minimum Gasteiger partial charge on any atom is -0.476 e. The molecule has 1 aromatic heterocycles. The first-order chi connectivity index (χ1) is 9.57. The van der Waals surface area contributed by atoms with Gasteiger partial charge < -0.3 is 20.5 Å². The predicted octanol–water partition coefficient (Wildman–Crippen LogP) is 2.43. The van der Waals surface area contributed by atoms with Gasteiger partial charge in [-0.15, -0.1) is 0 Å². The third-order valence-corrected chi connectivity index (χ3v) is 4.34. The van der Waals surface area contributed by atoms with Crippen LogP contribution < -0.4 is 15.8 Å². The molecule has 0 radical (unpaired) electrons. The fourth-order valence-corrected chi connectivity index (χ4v) is 2.41. The topological polar surface area (TPSA) is 69.4 Å². The average Bonchev–Trinajstić information content (AvgIpc) is 3.18. The normalized spacial score (nSPS) is 29.4. The van der Waals surface area contributed by atoms with Gasteiger partial charge in [0.15, 0.2) is 0 Å². The summed E-state index contributed by atoms with van der Waals surface area (Å²) in [5.41, 5.74) is 6.43. The second-order valence-corrected chi connectivity index (χ2v) is 6.15. The fraction of sp³-hybridized carbons (Fsp3) is 0.667. The van der Waals surface area contributed by atoms with Crippen molar-refractivity contribution in [3.8, 4) is 5.88 Å². The molecule has 1 aromatic rings. The average molecular weight is 277 g/mol. The first kappa shape index (κ1) is 13.5. The minimum absolute atomic E-state index is 0.0864. The van der Waals surface area contributed by atoms with Crippen molar-refractivity contribution in [1.82, 2.24) is 4.98 Å². The molecule has 3 N–H and O–H groups in total. The van der Waals surface area contributed by atoms with Crippen LogP contribution >= 0.6 is 0 Å². The first-order valence-electron chi connectivity index (χ1n) is 7.36. The van der Waals surface area contributed by atoms with Crippen LogP contribution in [0.15, 0.2) is 12.1 Å². The number of anilines is 2. The number of pyridine rings is 1. The Bertz CT molecular complexity index is 490. The van der Waals surface area contributed by atoms with E-state index in [-0.39, 0.29) is 11.6 Å². The SMILES string of the molecule is CC1OCCC1(C)Nc1ccc(N)c(OCC2CC2)n1. The summed E-state index contributed by atoms with van der Waals surface area (Å²) in [5, 5.41) is 3.47. The number of rotatable bonds is 5. The van der Waals surface area contributed by atoms with Gasteiger partial charge in [-0.1, -0.05) is 0 Å². The maximum Gasteiger partial charge on any atom is 0.239 e. The highest BCUT2D eigenvalue weighted by Gasteiger charge is 2.37. The number of nitrogens with two attached hydrogens (primary N) is 1. The Morgan fingerprint density at radius 1 is 1.50 bits per heavy atom. The van der Waals surface area contributed by atoms with E-state index in [1.54, 1.807) is 0 Å². The molecule has 0 bridgehead atoms. The molecule has 1 saturated heterocycles. The lowest BCUT2D eigenvalue weighted by Gasteiger charge is -2.29. The first-order valence-corrected chi connectivity index (χ1v) is 7.36. The van der Waals surface area contributed by atoms with E-state index < -0.39 is 0 Å². The Morgan fingerprint density at radius 3 is 2.95 bits per heavy atom. The van der Waals surface area contributed by atoms with Crippen LogP contribution in [0.3, 0.4) is 0 Å². The zero-order chi connectivity index (χ0) is 14.2. The summed E-state index contributed by atoms with van der Waals surface area (Å²) in [6.45, 7) is 5.75. The molecule has 20 heavy (non-hydrogen) atoms. The van der Waals surface area contributed by atoms with Crippen LogP contribution in [0.5, 0.6) is 5.88 Å². The molecule has 1 aliphatic heterocycles. The maximum absolute atomic E-state index is 5.92. The Hall–Kier alpha value is -1.49. The number of hydrogen-bond acceptors (Lipinski definition) is 5. The molecule has 1 saturated carbocycles. The molecule has 2 unspecified atom stereocenters. The van der Waals surface area contributed by atoms with E-state index in [0.29, 0.717) is 17.5 Å². The highest BCUT2D eigenvalue weighted by molar-refractivity contribution is 5.54. The molecule has 2 heterocycles. The van der Waals surface area contributed by atoms with Crippen LogP contribution in [-0.2, 0) is 4.74 Å². The Kier molecular flexibility index (Phi) is 3.46. The monoisotopic (exact) mass is 277 g/mol. The van der Waals surface area contributed by atoms with Crippen LogP contribution in [0.1, 0.15) is 33.1 Å². The van der Waals surface area contributed by atoms with E-state index in [9.17, 15) is 0 Å². The quantitative estimate of drug-likeness (QED) is 0.865. The number of nitrogens with zero attached hydrogens (tertiary/aromatic N) is 1. The van der Waals surface area contributed by atoms with Gasteiger partial charge in [0, 0.05) is 6.61 Å². The van der Waals surface area contributed by atoms with E-state index in [1.165, 1.54) is 12.8 Å². The zero-order valence-electron chi connectivity index (χ0n) is 12.2. The molecule has 0 aromatic carbocycles. The number of nitrogens with one attached hydrogen (secondary N) is 1. The third kappa shape index (κ3) is 2.82. The summed E-state index contributed by atoms with van der Waals surface area (Å²) in [4.78, 5) is 4.50. The maximum atomic E-state index is 5.92. The number of nitrogen functional groups attached to an aromatic ring is 1. The fourth-order valence-electron chi connectivity index (χ4n) is 2.41. The van der Waals surface area contributed by atoms with Gasteiger partial charge in [-0.3, -0.25) is 0 Å². The van der Waals surface area contributed by atoms with Gasteiger partial charge in [0.2, 0.25) is 5.88 Å².